The van der Waals surface area contributed by atoms with Crippen LogP contribution in [0, 0.1) is 6.92 Å². The van der Waals surface area contributed by atoms with Gasteiger partial charge >= 0.3 is 0 Å². The van der Waals surface area contributed by atoms with Gasteiger partial charge in [0.2, 0.25) is 5.95 Å². The SMILES string of the molecule is Cc1ccc2nc(Nc3ccc(C(C)(C)C)cc3)[nH]c2c1. The smallest absolute Gasteiger partial charge is 0.205 e. The molecular formula is C18H21N3. The average molecular weight is 279 g/mol. The van der Waals surface area contributed by atoms with E-state index >= 15 is 0 Å². The first-order valence-electron chi connectivity index (χ1n) is 7.26. The number of nitrogens with zero attached hydrogens (tertiary/aromatic N) is 1. The lowest BCUT2D eigenvalue weighted by molar-refractivity contribution is 0.590. The number of rotatable bonds is 2. The average Bonchev–Trinajstić information content (AvgIpc) is 2.79. The van der Waals surface area contributed by atoms with Gasteiger partial charge < -0.3 is 10.3 Å². The van der Waals surface area contributed by atoms with Crippen LogP contribution in [-0.2, 0) is 5.41 Å². The summed E-state index contributed by atoms with van der Waals surface area (Å²) in [5, 5.41) is 3.32. The number of fused-ring (bicyclic) bond motifs is 1. The van der Waals surface area contributed by atoms with Crippen LogP contribution in [0.15, 0.2) is 42.5 Å². The fourth-order valence-corrected chi connectivity index (χ4v) is 2.37. The maximum Gasteiger partial charge on any atom is 0.205 e. The van der Waals surface area contributed by atoms with Gasteiger partial charge in [0.05, 0.1) is 11.0 Å². The van der Waals surface area contributed by atoms with Crippen molar-refractivity contribution in [2.24, 2.45) is 0 Å². The van der Waals surface area contributed by atoms with Gasteiger partial charge in [0.1, 0.15) is 0 Å². The van der Waals surface area contributed by atoms with Crippen molar-refractivity contribution in [1.82, 2.24) is 9.97 Å². The van der Waals surface area contributed by atoms with E-state index in [0.29, 0.717) is 0 Å². The molecule has 3 nitrogen and oxygen atoms in total. The van der Waals surface area contributed by atoms with E-state index in [1.165, 1.54) is 11.1 Å². The minimum Gasteiger partial charge on any atom is -0.326 e. The quantitative estimate of drug-likeness (QED) is 0.699. The van der Waals surface area contributed by atoms with Crippen LogP contribution >= 0.6 is 0 Å². The van der Waals surface area contributed by atoms with E-state index in [4.69, 9.17) is 0 Å². The van der Waals surface area contributed by atoms with Gasteiger partial charge in [0.15, 0.2) is 0 Å². The number of aryl methyl sites for hydroxylation is 1. The van der Waals surface area contributed by atoms with Gasteiger partial charge in [0, 0.05) is 5.69 Å². The molecule has 21 heavy (non-hydrogen) atoms. The zero-order valence-electron chi connectivity index (χ0n) is 13.0. The van der Waals surface area contributed by atoms with Crippen molar-refractivity contribution in [2.45, 2.75) is 33.1 Å². The highest BCUT2D eigenvalue weighted by atomic mass is 15.1. The van der Waals surface area contributed by atoms with Gasteiger partial charge in [-0.15, -0.1) is 0 Å². The summed E-state index contributed by atoms with van der Waals surface area (Å²) in [4.78, 5) is 7.86. The lowest BCUT2D eigenvalue weighted by atomic mass is 9.87. The van der Waals surface area contributed by atoms with Crippen LogP contribution < -0.4 is 5.32 Å². The van der Waals surface area contributed by atoms with Gasteiger partial charge in [-0.2, -0.15) is 0 Å². The molecule has 0 saturated carbocycles. The molecule has 0 saturated heterocycles. The lowest BCUT2D eigenvalue weighted by Gasteiger charge is -2.19. The summed E-state index contributed by atoms with van der Waals surface area (Å²) in [6.45, 7) is 8.74. The number of aromatic amines is 1. The fourth-order valence-electron chi connectivity index (χ4n) is 2.37. The molecule has 0 unspecified atom stereocenters. The van der Waals surface area contributed by atoms with Crippen molar-refractivity contribution in [3.8, 4) is 0 Å². The molecule has 2 aromatic carbocycles. The molecule has 0 amide bonds. The van der Waals surface area contributed by atoms with Crippen molar-refractivity contribution < 1.29 is 0 Å². The Morgan fingerprint density at radius 3 is 2.38 bits per heavy atom. The van der Waals surface area contributed by atoms with Crippen molar-refractivity contribution in [3.05, 3.63) is 53.6 Å². The van der Waals surface area contributed by atoms with E-state index in [2.05, 4.69) is 79.4 Å². The molecule has 1 heterocycles. The first-order chi connectivity index (χ1) is 9.91. The van der Waals surface area contributed by atoms with E-state index in [1.807, 2.05) is 6.07 Å². The van der Waals surface area contributed by atoms with Gasteiger partial charge in [-0.25, -0.2) is 4.98 Å². The summed E-state index contributed by atoms with van der Waals surface area (Å²) < 4.78 is 0. The normalized spacial score (nSPS) is 11.8. The predicted octanol–water partition coefficient (Wildman–Crippen LogP) is 4.91. The summed E-state index contributed by atoms with van der Waals surface area (Å²) in [6.07, 6.45) is 0. The zero-order valence-corrected chi connectivity index (χ0v) is 13.0. The van der Waals surface area contributed by atoms with E-state index in [1.54, 1.807) is 0 Å². The Labute approximate surface area is 125 Å². The van der Waals surface area contributed by atoms with Crippen LogP contribution in [0.2, 0.25) is 0 Å². The summed E-state index contributed by atoms with van der Waals surface area (Å²) in [5.41, 5.74) is 5.81. The number of imidazole rings is 1. The molecule has 0 aliphatic carbocycles. The minimum absolute atomic E-state index is 0.176. The maximum atomic E-state index is 4.55. The van der Waals surface area contributed by atoms with Crippen molar-refractivity contribution in [3.63, 3.8) is 0 Å². The number of H-pyrrole nitrogens is 1. The molecule has 0 fully saturated rings. The summed E-state index contributed by atoms with van der Waals surface area (Å²) in [7, 11) is 0. The molecule has 0 aliphatic heterocycles. The second-order valence-electron chi connectivity index (χ2n) is 6.56. The standard InChI is InChI=1S/C18H21N3/c1-12-5-10-15-16(11-12)21-17(20-15)19-14-8-6-13(7-9-14)18(2,3)4/h5-11H,1-4H3,(H2,19,20,21). The maximum absolute atomic E-state index is 4.55. The van der Waals surface area contributed by atoms with Gasteiger partial charge in [-0.05, 0) is 47.7 Å². The van der Waals surface area contributed by atoms with Crippen LogP contribution in [0.3, 0.4) is 0 Å². The van der Waals surface area contributed by atoms with E-state index in [0.717, 1.165) is 22.7 Å². The number of hydrogen-bond donors (Lipinski definition) is 2. The van der Waals surface area contributed by atoms with Gasteiger partial charge in [-0.1, -0.05) is 39.0 Å². The van der Waals surface area contributed by atoms with E-state index in [-0.39, 0.29) is 5.41 Å². The lowest BCUT2D eigenvalue weighted by Crippen LogP contribution is -2.10. The summed E-state index contributed by atoms with van der Waals surface area (Å²) in [5.74, 6) is 0.777. The third-order valence-electron chi connectivity index (χ3n) is 3.65. The van der Waals surface area contributed by atoms with Crippen LogP contribution in [-0.4, -0.2) is 9.97 Å². The summed E-state index contributed by atoms with van der Waals surface area (Å²) in [6, 6.07) is 14.7. The third kappa shape index (κ3) is 2.92. The van der Waals surface area contributed by atoms with Crippen LogP contribution in [0.1, 0.15) is 31.9 Å². The Hall–Kier alpha value is -2.29. The Morgan fingerprint density at radius 1 is 1.00 bits per heavy atom. The van der Waals surface area contributed by atoms with Crippen LogP contribution in [0.5, 0.6) is 0 Å². The Bertz CT molecular complexity index is 761. The molecule has 3 rings (SSSR count). The second-order valence-corrected chi connectivity index (χ2v) is 6.56. The molecule has 0 bridgehead atoms. The minimum atomic E-state index is 0.176. The molecule has 0 radical (unpaired) electrons. The number of aromatic nitrogens is 2. The van der Waals surface area contributed by atoms with Crippen LogP contribution in [0.25, 0.3) is 11.0 Å². The number of benzene rings is 2. The van der Waals surface area contributed by atoms with Crippen molar-refractivity contribution >= 4 is 22.7 Å². The molecular weight excluding hydrogens is 258 g/mol. The zero-order chi connectivity index (χ0) is 15.0. The molecule has 0 aliphatic rings. The molecule has 0 spiro atoms. The van der Waals surface area contributed by atoms with Gasteiger partial charge in [-0.3, -0.25) is 0 Å². The largest absolute Gasteiger partial charge is 0.326 e. The van der Waals surface area contributed by atoms with E-state index in [9.17, 15) is 0 Å². The highest BCUT2D eigenvalue weighted by Gasteiger charge is 2.13. The van der Waals surface area contributed by atoms with Gasteiger partial charge in [0.25, 0.3) is 0 Å². The highest BCUT2D eigenvalue weighted by molar-refractivity contribution is 5.79. The molecule has 1 aromatic heterocycles. The topological polar surface area (TPSA) is 40.7 Å². The Morgan fingerprint density at radius 2 is 1.71 bits per heavy atom. The monoisotopic (exact) mass is 279 g/mol. The predicted molar refractivity (Wildman–Crippen MR) is 89.3 cm³/mol. The summed E-state index contributed by atoms with van der Waals surface area (Å²) >= 11 is 0. The highest BCUT2D eigenvalue weighted by Crippen LogP contribution is 2.25. The first kappa shape index (κ1) is 13.7. The van der Waals surface area contributed by atoms with E-state index < -0.39 is 0 Å². The number of hydrogen-bond acceptors (Lipinski definition) is 2. The fraction of sp³-hybridized carbons (Fsp3) is 0.278. The first-order valence-corrected chi connectivity index (χ1v) is 7.26. The molecule has 2 N–H and O–H groups in total. The molecule has 3 heteroatoms. The Balaban J connectivity index is 1.84. The molecule has 3 aromatic rings. The third-order valence-corrected chi connectivity index (χ3v) is 3.65. The molecule has 0 atom stereocenters. The van der Waals surface area contributed by atoms with Crippen molar-refractivity contribution in [2.75, 3.05) is 5.32 Å². The number of anilines is 2. The van der Waals surface area contributed by atoms with Crippen LogP contribution in [0.4, 0.5) is 11.6 Å². The van der Waals surface area contributed by atoms with Crippen molar-refractivity contribution in [1.29, 1.82) is 0 Å². The Kier molecular flexibility index (Phi) is 3.20. The molecule has 108 valence electrons. The number of nitrogens with one attached hydrogen (secondary N) is 2. The second kappa shape index (κ2) is 4.92.